The fourth-order valence-corrected chi connectivity index (χ4v) is 3.92. The molecule has 0 N–H and O–H groups in total. The van der Waals surface area contributed by atoms with Crippen LogP contribution in [0.4, 0.5) is 0 Å². The first-order valence-electron chi connectivity index (χ1n) is 8.82. The highest BCUT2D eigenvalue weighted by atomic mass is 32.2. The Morgan fingerprint density at radius 2 is 1.96 bits per heavy atom. The van der Waals surface area contributed by atoms with Crippen LogP contribution in [-0.2, 0) is 0 Å². The average Bonchev–Trinajstić information content (AvgIpc) is 3.47. The van der Waals surface area contributed by atoms with Gasteiger partial charge in [-0.05, 0) is 54.8 Å². The van der Waals surface area contributed by atoms with Gasteiger partial charge in [0.05, 0.1) is 6.61 Å². The molecule has 0 radical (unpaired) electrons. The van der Waals surface area contributed by atoms with Gasteiger partial charge in [0.2, 0.25) is 0 Å². The minimum Gasteiger partial charge on any atom is -0.493 e. The Kier molecular flexibility index (Phi) is 4.46. The standard InChI is InChI=1S/C21H23NO2S/c1-22-12-19(16-5-3-4-6-17(16)21(22)23)18-11-15(25-2)9-10-20(18)24-13-14-7-8-14/h3-6,9-11,14,19H,7-8,12-13H2,1-2H3. The summed E-state index contributed by atoms with van der Waals surface area (Å²) < 4.78 is 6.18. The number of hydrogen-bond donors (Lipinski definition) is 0. The zero-order valence-electron chi connectivity index (χ0n) is 14.7. The van der Waals surface area contributed by atoms with Crippen LogP contribution in [0.5, 0.6) is 5.75 Å². The van der Waals surface area contributed by atoms with Crippen molar-refractivity contribution in [1.29, 1.82) is 0 Å². The van der Waals surface area contributed by atoms with Crippen molar-refractivity contribution in [2.45, 2.75) is 23.7 Å². The Morgan fingerprint density at radius 3 is 2.72 bits per heavy atom. The fourth-order valence-electron chi connectivity index (χ4n) is 3.47. The third-order valence-electron chi connectivity index (χ3n) is 5.13. The molecule has 3 nitrogen and oxygen atoms in total. The van der Waals surface area contributed by atoms with Gasteiger partial charge in [0.1, 0.15) is 5.75 Å². The van der Waals surface area contributed by atoms with E-state index >= 15 is 0 Å². The number of hydrogen-bond acceptors (Lipinski definition) is 3. The molecule has 1 unspecified atom stereocenters. The molecule has 130 valence electrons. The number of rotatable bonds is 5. The molecule has 1 aliphatic carbocycles. The second-order valence-corrected chi connectivity index (χ2v) is 7.86. The van der Waals surface area contributed by atoms with E-state index in [-0.39, 0.29) is 11.8 Å². The Bertz CT molecular complexity index is 800. The molecule has 1 saturated carbocycles. The van der Waals surface area contributed by atoms with Gasteiger partial charge >= 0.3 is 0 Å². The molecule has 1 amide bonds. The number of likely N-dealkylation sites (N-methyl/N-ethyl adjacent to an activating group) is 1. The van der Waals surface area contributed by atoms with Gasteiger partial charge in [-0.25, -0.2) is 0 Å². The lowest BCUT2D eigenvalue weighted by atomic mass is 9.84. The molecule has 2 aromatic rings. The van der Waals surface area contributed by atoms with Crippen LogP contribution < -0.4 is 4.74 Å². The van der Waals surface area contributed by atoms with E-state index in [0.717, 1.165) is 29.4 Å². The summed E-state index contributed by atoms with van der Waals surface area (Å²) in [6, 6.07) is 14.4. The molecular weight excluding hydrogens is 330 g/mol. The lowest BCUT2D eigenvalue weighted by Crippen LogP contribution is -2.37. The smallest absolute Gasteiger partial charge is 0.253 e. The lowest BCUT2D eigenvalue weighted by molar-refractivity contribution is 0.0771. The topological polar surface area (TPSA) is 29.5 Å². The quantitative estimate of drug-likeness (QED) is 0.746. The van der Waals surface area contributed by atoms with Gasteiger partial charge in [0.25, 0.3) is 5.91 Å². The number of ether oxygens (including phenoxy) is 1. The third-order valence-corrected chi connectivity index (χ3v) is 5.86. The molecule has 1 aliphatic heterocycles. The van der Waals surface area contributed by atoms with Crippen LogP contribution in [0, 0.1) is 5.92 Å². The summed E-state index contributed by atoms with van der Waals surface area (Å²) in [4.78, 5) is 15.6. The van der Waals surface area contributed by atoms with Crippen LogP contribution in [-0.4, -0.2) is 37.3 Å². The lowest BCUT2D eigenvalue weighted by Gasteiger charge is -2.33. The number of nitrogens with zero attached hydrogens (tertiary/aromatic N) is 1. The van der Waals surface area contributed by atoms with Crippen molar-refractivity contribution in [3.05, 3.63) is 59.2 Å². The van der Waals surface area contributed by atoms with Crippen molar-refractivity contribution in [3.63, 3.8) is 0 Å². The van der Waals surface area contributed by atoms with Crippen LogP contribution in [0.15, 0.2) is 47.4 Å². The van der Waals surface area contributed by atoms with Crippen LogP contribution in [0.1, 0.15) is 40.2 Å². The van der Waals surface area contributed by atoms with Crippen molar-refractivity contribution in [2.24, 2.45) is 5.92 Å². The first-order chi connectivity index (χ1) is 12.2. The van der Waals surface area contributed by atoms with E-state index in [1.807, 2.05) is 30.1 Å². The van der Waals surface area contributed by atoms with E-state index in [0.29, 0.717) is 6.54 Å². The van der Waals surface area contributed by atoms with E-state index in [1.165, 1.54) is 23.3 Å². The number of benzene rings is 2. The maximum Gasteiger partial charge on any atom is 0.253 e. The maximum absolute atomic E-state index is 12.5. The Balaban J connectivity index is 1.76. The minimum atomic E-state index is 0.105. The number of amides is 1. The summed E-state index contributed by atoms with van der Waals surface area (Å²) in [5.74, 6) is 1.94. The maximum atomic E-state index is 12.5. The van der Waals surface area contributed by atoms with Gasteiger partial charge in [-0.15, -0.1) is 11.8 Å². The molecule has 1 atom stereocenters. The molecular formula is C21H23NO2S. The van der Waals surface area contributed by atoms with Crippen molar-refractivity contribution >= 4 is 17.7 Å². The van der Waals surface area contributed by atoms with Gasteiger partial charge in [0.15, 0.2) is 0 Å². The van der Waals surface area contributed by atoms with Crippen molar-refractivity contribution in [3.8, 4) is 5.75 Å². The van der Waals surface area contributed by atoms with Gasteiger partial charge in [-0.3, -0.25) is 4.79 Å². The van der Waals surface area contributed by atoms with Gasteiger partial charge in [0, 0.05) is 35.5 Å². The van der Waals surface area contributed by atoms with E-state index in [9.17, 15) is 4.79 Å². The van der Waals surface area contributed by atoms with Crippen molar-refractivity contribution in [1.82, 2.24) is 4.90 Å². The Hall–Kier alpha value is -1.94. The molecule has 1 fully saturated rings. The Morgan fingerprint density at radius 1 is 1.16 bits per heavy atom. The second-order valence-electron chi connectivity index (χ2n) is 6.98. The van der Waals surface area contributed by atoms with E-state index in [1.54, 1.807) is 11.8 Å². The van der Waals surface area contributed by atoms with Crippen LogP contribution in [0.3, 0.4) is 0 Å². The number of fused-ring (bicyclic) bond motifs is 1. The first-order valence-corrected chi connectivity index (χ1v) is 10.0. The van der Waals surface area contributed by atoms with Crippen molar-refractivity contribution < 1.29 is 9.53 Å². The fraction of sp³-hybridized carbons (Fsp3) is 0.381. The largest absolute Gasteiger partial charge is 0.493 e. The molecule has 1 heterocycles. The number of thioether (sulfide) groups is 1. The summed E-state index contributed by atoms with van der Waals surface area (Å²) in [5, 5.41) is 0. The first kappa shape index (κ1) is 16.5. The van der Waals surface area contributed by atoms with Gasteiger partial charge in [-0.2, -0.15) is 0 Å². The summed E-state index contributed by atoms with van der Waals surface area (Å²) in [6.45, 7) is 1.49. The van der Waals surface area contributed by atoms with E-state index < -0.39 is 0 Å². The van der Waals surface area contributed by atoms with Crippen LogP contribution in [0.25, 0.3) is 0 Å². The SMILES string of the molecule is CSc1ccc(OCC2CC2)c(C2CN(C)C(=O)c3ccccc32)c1. The monoisotopic (exact) mass is 353 g/mol. The predicted octanol–water partition coefficient (Wildman–Crippen LogP) is 4.41. The number of carbonyl (C=O) groups is 1. The molecule has 2 aromatic carbocycles. The zero-order chi connectivity index (χ0) is 17.4. The predicted molar refractivity (Wildman–Crippen MR) is 102 cm³/mol. The third kappa shape index (κ3) is 3.28. The van der Waals surface area contributed by atoms with E-state index in [2.05, 4.69) is 30.5 Å². The number of carbonyl (C=O) groups excluding carboxylic acids is 1. The molecule has 2 aliphatic rings. The highest BCUT2D eigenvalue weighted by Crippen LogP contribution is 2.40. The highest BCUT2D eigenvalue weighted by Gasteiger charge is 2.32. The molecule has 0 bridgehead atoms. The minimum absolute atomic E-state index is 0.105. The normalized spacial score (nSPS) is 19.7. The van der Waals surface area contributed by atoms with Crippen LogP contribution in [0.2, 0.25) is 0 Å². The molecule has 0 spiro atoms. The van der Waals surface area contributed by atoms with E-state index in [4.69, 9.17) is 4.74 Å². The van der Waals surface area contributed by atoms with Crippen molar-refractivity contribution in [2.75, 3.05) is 26.5 Å². The van der Waals surface area contributed by atoms with Gasteiger partial charge in [-0.1, -0.05) is 18.2 Å². The summed E-state index contributed by atoms with van der Waals surface area (Å²) in [5.41, 5.74) is 3.11. The average molecular weight is 353 g/mol. The Labute approximate surface area is 153 Å². The summed E-state index contributed by atoms with van der Waals surface area (Å²) in [6.07, 6.45) is 4.65. The van der Waals surface area contributed by atoms with Crippen LogP contribution >= 0.6 is 11.8 Å². The molecule has 0 saturated heterocycles. The zero-order valence-corrected chi connectivity index (χ0v) is 15.5. The molecule has 0 aromatic heterocycles. The molecule has 4 rings (SSSR count). The summed E-state index contributed by atoms with van der Waals surface area (Å²) in [7, 11) is 1.88. The highest BCUT2D eigenvalue weighted by molar-refractivity contribution is 7.98. The second kappa shape index (κ2) is 6.75. The van der Waals surface area contributed by atoms with Gasteiger partial charge < -0.3 is 9.64 Å². The molecule has 25 heavy (non-hydrogen) atoms. The molecule has 4 heteroatoms. The summed E-state index contributed by atoms with van der Waals surface area (Å²) >= 11 is 1.74.